The summed E-state index contributed by atoms with van der Waals surface area (Å²) < 4.78 is 0. The Balaban J connectivity index is 1.65. The summed E-state index contributed by atoms with van der Waals surface area (Å²) in [6.07, 6.45) is 6.09. The minimum atomic E-state index is 0.0264. The molecule has 1 aromatic carbocycles. The van der Waals surface area contributed by atoms with Gasteiger partial charge >= 0.3 is 0 Å². The van der Waals surface area contributed by atoms with Crippen molar-refractivity contribution in [1.82, 2.24) is 0 Å². The summed E-state index contributed by atoms with van der Waals surface area (Å²) in [6, 6.07) is 6.27. The largest absolute Gasteiger partial charge is 0.381 e. The summed E-state index contributed by atoms with van der Waals surface area (Å²) in [6.45, 7) is 0. The zero-order chi connectivity index (χ0) is 14.8. The Bertz CT molecular complexity index is 530. The van der Waals surface area contributed by atoms with Crippen molar-refractivity contribution in [3.05, 3.63) is 23.2 Å². The van der Waals surface area contributed by atoms with Gasteiger partial charge in [0.05, 0.1) is 11.4 Å². The SMILES string of the molecule is N[C@@H]1CCC[C@H]1CC(=O)Nc1cc(Cl)ccc1NC1CC1. The van der Waals surface area contributed by atoms with Crippen molar-refractivity contribution in [3.63, 3.8) is 0 Å². The van der Waals surface area contributed by atoms with E-state index in [9.17, 15) is 4.79 Å². The predicted octanol–water partition coefficient (Wildman–Crippen LogP) is 3.37. The topological polar surface area (TPSA) is 67.2 Å². The molecule has 2 aliphatic rings. The number of carbonyl (C=O) groups is 1. The van der Waals surface area contributed by atoms with Crippen LogP contribution in [0.5, 0.6) is 0 Å². The molecule has 5 heteroatoms. The average molecular weight is 308 g/mol. The van der Waals surface area contributed by atoms with Crippen molar-refractivity contribution < 1.29 is 4.79 Å². The van der Waals surface area contributed by atoms with Crippen LogP contribution in [0.15, 0.2) is 18.2 Å². The van der Waals surface area contributed by atoms with Crippen molar-refractivity contribution in [2.24, 2.45) is 11.7 Å². The number of nitrogens with two attached hydrogens (primary N) is 1. The third-order valence-corrected chi connectivity index (χ3v) is 4.59. The number of benzene rings is 1. The molecular formula is C16H22ClN3O. The van der Waals surface area contributed by atoms with E-state index in [1.165, 1.54) is 12.8 Å². The number of rotatable bonds is 5. The molecule has 0 unspecified atom stereocenters. The summed E-state index contributed by atoms with van der Waals surface area (Å²) in [5.74, 6) is 0.336. The molecule has 0 spiro atoms. The zero-order valence-electron chi connectivity index (χ0n) is 12.1. The lowest BCUT2D eigenvalue weighted by atomic mass is 10.00. The van der Waals surface area contributed by atoms with Gasteiger partial charge in [-0.1, -0.05) is 18.0 Å². The molecule has 0 aromatic heterocycles. The molecule has 0 bridgehead atoms. The van der Waals surface area contributed by atoms with E-state index >= 15 is 0 Å². The normalized spacial score (nSPS) is 24.9. The van der Waals surface area contributed by atoms with E-state index < -0.39 is 0 Å². The number of nitrogens with one attached hydrogen (secondary N) is 2. The fourth-order valence-corrected chi connectivity index (χ4v) is 3.12. The van der Waals surface area contributed by atoms with Crippen molar-refractivity contribution in [2.75, 3.05) is 10.6 Å². The number of carbonyl (C=O) groups excluding carboxylic acids is 1. The van der Waals surface area contributed by atoms with Crippen LogP contribution in [0.3, 0.4) is 0 Å². The Labute approximate surface area is 130 Å². The Morgan fingerprint density at radius 2 is 2.05 bits per heavy atom. The van der Waals surface area contributed by atoms with Crippen molar-refractivity contribution in [2.45, 2.75) is 50.6 Å². The lowest BCUT2D eigenvalue weighted by Crippen LogP contribution is -2.28. The van der Waals surface area contributed by atoms with Crippen LogP contribution < -0.4 is 16.4 Å². The van der Waals surface area contributed by atoms with Crippen molar-refractivity contribution in [1.29, 1.82) is 0 Å². The number of hydrogen-bond donors (Lipinski definition) is 3. The van der Waals surface area contributed by atoms with Crippen LogP contribution in [0.1, 0.15) is 38.5 Å². The fourth-order valence-electron chi connectivity index (χ4n) is 2.95. The highest BCUT2D eigenvalue weighted by Crippen LogP contribution is 2.32. The summed E-state index contributed by atoms with van der Waals surface area (Å²) in [4.78, 5) is 12.2. The third-order valence-electron chi connectivity index (χ3n) is 4.36. The highest BCUT2D eigenvalue weighted by atomic mass is 35.5. The molecule has 1 amide bonds. The average Bonchev–Trinajstić information content (AvgIpc) is 3.17. The van der Waals surface area contributed by atoms with Gasteiger partial charge in [0, 0.05) is 23.5 Å². The second kappa shape index (κ2) is 6.24. The molecule has 2 saturated carbocycles. The molecule has 1 aromatic rings. The molecule has 21 heavy (non-hydrogen) atoms. The maximum Gasteiger partial charge on any atom is 0.224 e. The van der Waals surface area contributed by atoms with Gasteiger partial charge in [-0.15, -0.1) is 0 Å². The zero-order valence-corrected chi connectivity index (χ0v) is 12.8. The Morgan fingerprint density at radius 1 is 1.24 bits per heavy atom. The van der Waals surface area contributed by atoms with E-state index in [0.717, 1.165) is 30.6 Å². The Morgan fingerprint density at radius 3 is 2.71 bits per heavy atom. The van der Waals surface area contributed by atoms with Crippen molar-refractivity contribution in [3.8, 4) is 0 Å². The molecule has 2 fully saturated rings. The van der Waals surface area contributed by atoms with Gasteiger partial charge in [-0.25, -0.2) is 0 Å². The monoisotopic (exact) mass is 307 g/mol. The smallest absolute Gasteiger partial charge is 0.224 e. The molecule has 114 valence electrons. The van der Waals surface area contributed by atoms with Gasteiger partial charge in [0.1, 0.15) is 0 Å². The van der Waals surface area contributed by atoms with Crippen LogP contribution in [0.2, 0.25) is 5.02 Å². The number of halogens is 1. The Hall–Kier alpha value is -1.26. The second-order valence-electron chi connectivity index (χ2n) is 6.22. The molecule has 4 nitrogen and oxygen atoms in total. The van der Waals surface area contributed by atoms with E-state index in [1.54, 1.807) is 6.07 Å². The van der Waals surface area contributed by atoms with Gasteiger partial charge in [-0.3, -0.25) is 4.79 Å². The molecule has 0 saturated heterocycles. The van der Waals surface area contributed by atoms with E-state index in [1.807, 2.05) is 12.1 Å². The minimum absolute atomic E-state index is 0.0264. The van der Waals surface area contributed by atoms with Crippen molar-refractivity contribution >= 4 is 28.9 Å². The first-order chi connectivity index (χ1) is 10.1. The summed E-state index contributed by atoms with van der Waals surface area (Å²) in [5, 5.41) is 7.04. The van der Waals surface area contributed by atoms with E-state index in [-0.39, 0.29) is 11.9 Å². The van der Waals surface area contributed by atoms with Crippen LogP contribution >= 0.6 is 11.6 Å². The van der Waals surface area contributed by atoms with Gasteiger partial charge in [-0.2, -0.15) is 0 Å². The highest BCUT2D eigenvalue weighted by molar-refractivity contribution is 6.31. The lowest BCUT2D eigenvalue weighted by molar-refractivity contribution is -0.117. The lowest BCUT2D eigenvalue weighted by Gasteiger charge is -2.17. The maximum atomic E-state index is 12.2. The van der Waals surface area contributed by atoms with Gasteiger partial charge in [-0.05, 0) is 49.8 Å². The standard InChI is InChI=1S/C16H22ClN3O/c17-11-4-7-14(19-12-5-6-12)15(9-11)20-16(21)8-10-2-1-3-13(10)18/h4,7,9-10,12-13,19H,1-3,5-6,8,18H2,(H,20,21)/t10-,13+/m0/s1. The van der Waals surface area contributed by atoms with E-state index in [0.29, 0.717) is 23.4 Å². The van der Waals surface area contributed by atoms with Gasteiger partial charge in [0.2, 0.25) is 5.91 Å². The first kappa shape index (κ1) is 14.7. The van der Waals surface area contributed by atoms with Gasteiger partial charge < -0.3 is 16.4 Å². The molecule has 0 radical (unpaired) electrons. The molecule has 2 atom stereocenters. The molecule has 0 heterocycles. The molecule has 4 N–H and O–H groups in total. The minimum Gasteiger partial charge on any atom is -0.381 e. The van der Waals surface area contributed by atoms with E-state index in [4.69, 9.17) is 17.3 Å². The van der Waals surface area contributed by atoms with Gasteiger partial charge in [0.15, 0.2) is 0 Å². The van der Waals surface area contributed by atoms with E-state index in [2.05, 4.69) is 10.6 Å². The third kappa shape index (κ3) is 3.89. The molecule has 2 aliphatic carbocycles. The highest BCUT2D eigenvalue weighted by Gasteiger charge is 2.27. The summed E-state index contributed by atoms with van der Waals surface area (Å²) >= 11 is 6.05. The first-order valence-electron chi connectivity index (χ1n) is 7.73. The van der Waals surface area contributed by atoms with Gasteiger partial charge in [0.25, 0.3) is 0 Å². The fraction of sp³-hybridized carbons (Fsp3) is 0.562. The molecule has 0 aliphatic heterocycles. The maximum absolute atomic E-state index is 12.2. The quantitative estimate of drug-likeness (QED) is 0.781. The van der Waals surface area contributed by atoms with Crippen LogP contribution in [-0.4, -0.2) is 18.0 Å². The molecule has 3 rings (SSSR count). The van der Waals surface area contributed by atoms with Crippen LogP contribution in [0.25, 0.3) is 0 Å². The number of hydrogen-bond acceptors (Lipinski definition) is 3. The van der Waals surface area contributed by atoms with Crippen LogP contribution in [0.4, 0.5) is 11.4 Å². The summed E-state index contributed by atoms with van der Waals surface area (Å²) in [5.41, 5.74) is 7.75. The predicted molar refractivity (Wildman–Crippen MR) is 86.7 cm³/mol. The number of amides is 1. The Kier molecular flexibility index (Phi) is 4.36. The van der Waals surface area contributed by atoms with Crippen LogP contribution in [0, 0.1) is 5.92 Å². The summed E-state index contributed by atoms with van der Waals surface area (Å²) in [7, 11) is 0. The molecular weight excluding hydrogens is 286 g/mol. The second-order valence-corrected chi connectivity index (χ2v) is 6.65. The van der Waals surface area contributed by atoms with Crippen LogP contribution in [-0.2, 0) is 4.79 Å². The number of anilines is 2. The first-order valence-corrected chi connectivity index (χ1v) is 8.11.